The molecular formula is C23H22N2O6S. The summed E-state index contributed by atoms with van der Waals surface area (Å²) in [5, 5.41) is 20.9. The van der Waals surface area contributed by atoms with Crippen LogP contribution in [0.5, 0.6) is 0 Å². The number of carbonyl (C=O) groups excluding carboxylic acids is 2. The molecule has 4 rings (SSSR count). The van der Waals surface area contributed by atoms with Crippen molar-refractivity contribution >= 4 is 29.3 Å². The van der Waals surface area contributed by atoms with Crippen molar-refractivity contribution in [3.63, 3.8) is 0 Å². The van der Waals surface area contributed by atoms with Crippen LogP contribution in [0.25, 0.3) is 0 Å². The number of aliphatic hydroxyl groups excluding tert-OH is 1. The Labute approximate surface area is 189 Å². The molecule has 8 nitrogen and oxygen atoms in total. The van der Waals surface area contributed by atoms with E-state index >= 15 is 0 Å². The molecule has 166 valence electrons. The van der Waals surface area contributed by atoms with Gasteiger partial charge in [0, 0.05) is 27.9 Å². The number of esters is 1. The molecule has 2 aliphatic heterocycles. The number of nitro groups is 1. The molecule has 1 amide bonds. The molecule has 32 heavy (non-hydrogen) atoms. The van der Waals surface area contributed by atoms with Gasteiger partial charge in [-0.25, -0.2) is 4.79 Å². The Morgan fingerprint density at radius 1 is 1.22 bits per heavy atom. The van der Waals surface area contributed by atoms with E-state index in [4.69, 9.17) is 4.74 Å². The van der Waals surface area contributed by atoms with Crippen molar-refractivity contribution in [1.29, 1.82) is 0 Å². The van der Waals surface area contributed by atoms with E-state index in [1.54, 1.807) is 6.92 Å². The third kappa shape index (κ3) is 3.89. The monoisotopic (exact) mass is 454 g/mol. The Kier molecular flexibility index (Phi) is 6.03. The second-order valence-electron chi connectivity index (χ2n) is 7.88. The zero-order valence-corrected chi connectivity index (χ0v) is 18.3. The van der Waals surface area contributed by atoms with Crippen LogP contribution in [0.3, 0.4) is 0 Å². The lowest BCUT2D eigenvalue weighted by Crippen LogP contribution is -2.63. The zero-order valence-electron chi connectivity index (χ0n) is 17.5. The highest BCUT2D eigenvalue weighted by molar-refractivity contribution is 8.03. The van der Waals surface area contributed by atoms with Crippen molar-refractivity contribution in [2.75, 3.05) is 0 Å². The number of rotatable bonds is 7. The topological polar surface area (TPSA) is 110 Å². The van der Waals surface area contributed by atoms with Gasteiger partial charge in [-0.2, -0.15) is 0 Å². The third-order valence-electron chi connectivity index (χ3n) is 5.79. The van der Waals surface area contributed by atoms with E-state index in [9.17, 15) is 24.8 Å². The highest BCUT2D eigenvalue weighted by atomic mass is 32.2. The number of β-lactam (4-membered cyclic amide) rings is 1. The number of hydrogen-bond donors (Lipinski definition) is 1. The first kappa shape index (κ1) is 22.0. The fraction of sp³-hybridized carbons (Fsp3) is 0.304. The van der Waals surface area contributed by atoms with Gasteiger partial charge in [-0.1, -0.05) is 36.9 Å². The Balaban J connectivity index is 1.58. The summed E-state index contributed by atoms with van der Waals surface area (Å²) >= 11 is 1.41. The number of nitro benzene ring substituents is 1. The van der Waals surface area contributed by atoms with Gasteiger partial charge in [-0.05, 0) is 36.8 Å². The van der Waals surface area contributed by atoms with Gasteiger partial charge in [0.05, 0.1) is 23.0 Å². The molecule has 2 aliphatic rings. The predicted octanol–water partition coefficient (Wildman–Crippen LogP) is 3.50. The molecule has 0 radical (unpaired) electrons. The van der Waals surface area contributed by atoms with Gasteiger partial charge < -0.3 is 14.7 Å². The molecule has 2 aromatic rings. The van der Waals surface area contributed by atoms with Gasteiger partial charge in [0.1, 0.15) is 12.3 Å². The predicted molar refractivity (Wildman–Crippen MR) is 117 cm³/mol. The lowest BCUT2D eigenvalue weighted by atomic mass is 9.79. The molecule has 9 heteroatoms. The van der Waals surface area contributed by atoms with E-state index < -0.39 is 22.9 Å². The molecule has 4 atom stereocenters. The maximum atomic E-state index is 13.1. The molecule has 1 fully saturated rings. The summed E-state index contributed by atoms with van der Waals surface area (Å²) < 4.78 is 5.49. The van der Waals surface area contributed by atoms with Crippen LogP contribution in [0.4, 0.5) is 5.69 Å². The van der Waals surface area contributed by atoms with E-state index in [0.29, 0.717) is 5.56 Å². The van der Waals surface area contributed by atoms with E-state index in [-0.39, 0.29) is 35.9 Å². The van der Waals surface area contributed by atoms with Crippen LogP contribution in [-0.2, 0) is 20.9 Å². The lowest BCUT2D eigenvalue weighted by Gasteiger charge is -2.46. The summed E-state index contributed by atoms with van der Waals surface area (Å²) in [6.07, 6.45) is -0.815. The van der Waals surface area contributed by atoms with Crippen molar-refractivity contribution in [1.82, 2.24) is 4.90 Å². The van der Waals surface area contributed by atoms with Gasteiger partial charge in [-0.3, -0.25) is 14.9 Å². The van der Waals surface area contributed by atoms with Crippen LogP contribution in [0.15, 0.2) is 70.1 Å². The third-order valence-corrected chi connectivity index (χ3v) is 7.08. The first-order valence-corrected chi connectivity index (χ1v) is 11.0. The van der Waals surface area contributed by atoms with E-state index in [2.05, 4.69) is 0 Å². The maximum Gasteiger partial charge on any atom is 0.356 e. The first-order chi connectivity index (χ1) is 15.3. The van der Waals surface area contributed by atoms with Crippen LogP contribution in [0.1, 0.15) is 19.4 Å². The Hall–Kier alpha value is -3.17. The minimum Gasteiger partial charge on any atom is -0.456 e. The van der Waals surface area contributed by atoms with Crippen molar-refractivity contribution in [2.45, 2.75) is 37.5 Å². The summed E-state index contributed by atoms with van der Waals surface area (Å²) in [5.74, 6) is -1.62. The molecule has 1 N–H and O–H groups in total. The quantitative estimate of drug-likeness (QED) is 0.295. The van der Waals surface area contributed by atoms with Gasteiger partial charge >= 0.3 is 5.97 Å². The standard InChI is InChI=1S/C23H22N2O6S/c1-13-19-18(14(2)26)22(27)24(19)20(21(13)32-17-6-4-3-5-7-17)23(28)31-12-15-8-10-16(11-9-15)25(29)30/h3-11,13-14,18-19,26H,12H2,1-2H3/t13?,14-,18-,19-/m1/s1. The smallest absolute Gasteiger partial charge is 0.356 e. The fourth-order valence-electron chi connectivity index (χ4n) is 4.19. The second kappa shape index (κ2) is 8.76. The number of benzene rings is 2. The van der Waals surface area contributed by atoms with Crippen LogP contribution in [-0.4, -0.2) is 39.0 Å². The second-order valence-corrected chi connectivity index (χ2v) is 9.00. The molecule has 0 aliphatic carbocycles. The van der Waals surface area contributed by atoms with Crippen LogP contribution >= 0.6 is 11.8 Å². The van der Waals surface area contributed by atoms with Gasteiger partial charge in [0.2, 0.25) is 5.91 Å². The zero-order chi connectivity index (χ0) is 23.0. The Morgan fingerprint density at radius 2 is 1.88 bits per heavy atom. The number of fused-ring (bicyclic) bond motifs is 1. The SMILES string of the molecule is CC1C(Sc2ccccc2)=C(C(=O)OCc2ccc([N+](=O)[O-])cc2)N2C(=O)[C@H]([C@@H](C)O)[C@@H]12. The van der Waals surface area contributed by atoms with Gasteiger partial charge in [0.25, 0.3) is 5.69 Å². The minimum absolute atomic E-state index is 0.0490. The summed E-state index contributed by atoms with van der Waals surface area (Å²) in [4.78, 5) is 39.3. The number of aliphatic hydroxyl groups is 1. The first-order valence-electron chi connectivity index (χ1n) is 10.2. The number of ether oxygens (including phenoxy) is 1. The number of nitrogens with zero attached hydrogens (tertiary/aromatic N) is 2. The van der Waals surface area contributed by atoms with Crippen molar-refractivity contribution in [2.24, 2.45) is 11.8 Å². The van der Waals surface area contributed by atoms with Crippen molar-refractivity contribution in [3.05, 3.63) is 80.9 Å². The number of hydrogen-bond acceptors (Lipinski definition) is 7. The van der Waals surface area contributed by atoms with Crippen LogP contribution in [0, 0.1) is 22.0 Å². The Morgan fingerprint density at radius 3 is 2.47 bits per heavy atom. The number of amides is 1. The molecule has 0 saturated carbocycles. The number of carbonyl (C=O) groups is 2. The highest BCUT2D eigenvalue weighted by Crippen LogP contribution is 2.52. The average Bonchev–Trinajstić information content (AvgIpc) is 3.01. The molecular weight excluding hydrogens is 432 g/mol. The normalized spacial score (nSPS) is 22.9. The molecule has 0 aromatic heterocycles. The Bertz CT molecular complexity index is 1080. The highest BCUT2D eigenvalue weighted by Gasteiger charge is 2.60. The summed E-state index contributed by atoms with van der Waals surface area (Å²) in [7, 11) is 0. The summed E-state index contributed by atoms with van der Waals surface area (Å²) in [6.45, 7) is 3.45. The van der Waals surface area contributed by atoms with Crippen LogP contribution in [0.2, 0.25) is 0 Å². The lowest BCUT2D eigenvalue weighted by molar-refractivity contribution is -0.384. The maximum absolute atomic E-state index is 13.1. The minimum atomic E-state index is -0.815. The van der Waals surface area contributed by atoms with E-state index in [1.165, 1.54) is 40.9 Å². The average molecular weight is 455 g/mol. The van der Waals surface area contributed by atoms with Crippen molar-refractivity contribution in [3.8, 4) is 0 Å². The summed E-state index contributed by atoms with van der Waals surface area (Å²) in [6, 6.07) is 15.0. The van der Waals surface area contributed by atoms with E-state index in [1.807, 2.05) is 37.3 Å². The summed E-state index contributed by atoms with van der Waals surface area (Å²) in [5.41, 5.74) is 0.758. The van der Waals surface area contributed by atoms with E-state index in [0.717, 1.165) is 9.80 Å². The van der Waals surface area contributed by atoms with Crippen molar-refractivity contribution < 1.29 is 24.4 Å². The molecule has 2 heterocycles. The fourth-order valence-corrected chi connectivity index (χ4v) is 5.34. The van der Waals surface area contributed by atoms with Crippen LogP contribution < -0.4 is 0 Å². The molecule has 2 aromatic carbocycles. The van der Waals surface area contributed by atoms with Gasteiger partial charge in [0.15, 0.2) is 0 Å². The number of non-ortho nitro benzene ring substituents is 1. The molecule has 1 unspecified atom stereocenters. The number of thioether (sulfide) groups is 1. The molecule has 0 spiro atoms. The molecule has 1 saturated heterocycles. The molecule has 0 bridgehead atoms. The largest absolute Gasteiger partial charge is 0.456 e. The van der Waals surface area contributed by atoms with Gasteiger partial charge in [-0.15, -0.1) is 0 Å².